The van der Waals surface area contributed by atoms with Crippen LogP contribution < -0.4 is 16.0 Å². The molecule has 3 N–H and O–H groups in total. The van der Waals surface area contributed by atoms with Gasteiger partial charge in [-0.05, 0) is 62.0 Å². The molecule has 13 heteroatoms. The van der Waals surface area contributed by atoms with Crippen LogP contribution in [0, 0.1) is 0 Å². The Hall–Kier alpha value is -3.58. The normalized spacial score (nSPS) is 21.7. The van der Waals surface area contributed by atoms with E-state index in [2.05, 4.69) is 25.2 Å². The minimum atomic E-state index is -2.60. The largest absolute Gasteiger partial charge is 0.382 e. The molecule has 0 aliphatic carbocycles. The number of fused-ring (bicyclic) bond motifs is 1. The summed E-state index contributed by atoms with van der Waals surface area (Å²) in [4.78, 5) is 36.1. The summed E-state index contributed by atoms with van der Waals surface area (Å²) < 4.78 is 29.0. The highest BCUT2D eigenvalue weighted by molar-refractivity contribution is 7.14. The van der Waals surface area contributed by atoms with Crippen molar-refractivity contribution in [2.75, 3.05) is 56.9 Å². The molecule has 0 aromatic carbocycles. The van der Waals surface area contributed by atoms with E-state index in [9.17, 15) is 18.4 Å². The van der Waals surface area contributed by atoms with Gasteiger partial charge in [-0.15, -0.1) is 11.3 Å². The summed E-state index contributed by atoms with van der Waals surface area (Å²) in [5.41, 5.74) is 10.5. The number of thiophene rings is 1. The van der Waals surface area contributed by atoms with E-state index in [4.69, 9.17) is 5.73 Å². The van der Waals surface area contributed by atoms with Crippen LogP contribution in [0.2, 0.25) is 0 Å². The van der Waals surface area contributed by atoms with E-state index in [1.165, 1.54) is 12.4 Å². The zero-order valence-electron chi connectivity index (χ0n) is 23.1. The van der Waals surface area contributed by atoms with Crippen molar-refractivity contribution in [3.8, 4) is 0 Å². The molecule has 3 aliphatic heterocycles. The maximum atomic E-state index is 13.6. The van der Waals surface area contributed by atoms with Crippen LogP contribution in [0.3, 0.4) is 0 Å². The lowest BCUT2D eigenvalue weighted by molar-refractivity contribution is -0.127. The van der Waals surface area contributed by atoms with Gasteiger partial charge in [-0.3, -0.25) is 9.59 Å². The number of nitrogens with one attached hydrogen (secondary N) is 1. The molecule has 218 valence electrons. The molecule has 1 unspecified atom stereocenters. The van der Waals surface area contributed by atoms with Gasteiger partial charge in [-0.1, -0.05) is 6.08 Å². The minimum Gasteiger partial charge on any atom is -0.382 e. The highest BCUT2D eigenvalue weighted by Crippen LogP contribution is 2.38. The highest BCUT2D eigenvalue weighted by atomic mass is 32.1. The van der Waals surface area contributed by atoms with Crippen molar-refractivity contribution in [2.45, 2.75) is 44.6 Å². The van der Waals surface area contributed by atoms with Gasteiger partial charge in [0.25, 0.3) is 12.3 Å². The van der Waals surface area contributed by atoms with Crippen LogP contribution >= 0.6 is 11.3 Å². The summed E-state index contributed by atoms with van der Waals surface area (Å²) in [7, 11) is 2.01. The predicted molar refractivity (Wildman–Crippen MR) is 154 cm³/mol. The fourth-order valence-corrected chi connectivity index (χ4v) is 7.27. The lowest BCUT2D eigenvalue weighted by Crippen LogP contribution is -2.47. The standard InChI is InChI=1S/C28H34F2N8O2S/c1-16(39)36-9-6-18(13-36)21-11-22(24-27(31)32-15-33-38(21)24)37-7-3-4-19(14-37)34-28(40)25-20(10-23(41-25)26(29)30)17-5-8-35(2)12-17/h6,10-11,15,17,19,26H,3-5,7-9,12-14H2,1-2H3,(H,34,40)(H2,31,32,33)/t17?,19-/m1/s1. The van der Waals surface area contributed by atoms with Gasteiger partial charge in [-0.25, -0.2) is 18.3 Å². The number of amides is 2. The molecule has 0 spiro atoms. The third kappa shape index (κ3) is 5.28. The van der Waals surface area contributed by atoms with Gasteiger partial charge in [0.15, 0.2) is 5.82 Å². The first-order valence-electron chi connectivity index (χ1n) is 13.9. The summed E-state index contributed by atoms with van der Waals surface area (Å²) in [6.45, 7) is 5.52. The molecular formula is C28H34F2N8O2S. The number of carbonyl (C=O) groups is 2. The third-order valence-corrected chi connectivity index (χ3v) is 9.54. The molecule has 41 heavy (non-hydrogen) atoms. The SMILES string of the molecule is CC(=O)N1CC=C(c2cc(N3CCC[C@@H](NC(=O)c4sc(C(F)F)cc4C4CCN(C)C4)C3)c3c(N)ncnn23)C1. The number of anilines is 2. The van der Waals surface area contributed by atoms with Crippen LogP contribution in [0.25, 0.3) is 11.1 Å². The maximum Gasteiger partial charge on any atom is 0.272 e. The molecule has 6 heterocycles. The Morgan fingerprint density at radius 3 is 2.73 bits per heavy atom. The third-order valence-electron chi connectivity index (χ3n) is 8.39. The van der Waals surface area contributed by atoms with Crippen molar-refractivity contribution in [1.29, 1.82) is 0 Å². The monoisotopic (exact) mass is 584 g/mol. The fourth-order valence-electron chi connectivity index (χ4n) is 6.27. The Morgan fingerprint density at radius 2 is 2.02 bits per heavy atom. The van der Waals surface area contributed by atoms with Crippen molar-refractivity contribution >= 4 is 45.7 Å². The van der Waals surface area contributed by atoms with E-state index >= 15 is 0 Å². The molecule has 2 atom stereocenters. The number of alkyl halides is 2. The summed E-state index contributed by atoms with van der Waals surface area (Å²) in [5.74, 6) is 0.142. The molecule has 3 aromatic heterocycles. The van der Waals surface area contributed by atoms with Crippen molar-refractivity contribution in [2.24, 2.45) is 0 Å². The Labute approximate surface area is 240 Å². The smallest absolute Gasteiger partial charge is 0.272 e. The van der Waals surface area contributed by atoms with Crippen LogP contribution in [0.5, 0.6) is 0 Å². The number of rotatable bonds is 6. The van der Waals surface area contributed by atoms with E-state index in [0.29, 0.717) is 35.8 Å². The number of nitrogen functional groups attached to an aromatic ring is 1. The van der Waals surface area contributed by atoms with Gasteiger partial charge in [0.05, 0.1) is 21.1 Å². The molecule has 3 aliphatic rings. The summed E-state index contributed by atoms with van der Waals surface area (Å²) in [6, 6.07) is 3.39. The first-order valence-corrected chi connectivity index (χ1v) is 14.7. The molecule has 2 saturated heterocycles. The van der Waals surface area contributed by atoms with Crippen molar-refractivity contribution in [1.82, 2.24) is 29.7 Å². The number of likely N-dealkylation sites (N-methyl/N-ethyl adjacent to an activating group) is 1. The molecule has 0 saturated carbocycles. The Kier molecular flexibility index (Phi) is 7.41. The first-order chi connectivity index (χ1) is 19.7. The number of halogens is 2. The molecule has 0 radical (unpaired) electrons. The van der Waals surface area contributed by atoms with Gasteiger partial charge in [0.1, 0.15) is 11.8 Å². The molecule has 2 amide bonds. The van der Waals surface area contributed by atoms with E-state index < -0.39 is 6.43 Å². The predicted octanol–water partition coefficient (Wildman–Crippen LogP) is 3.37. The van der Waals surface area contributed by atoms with Gasteiger partial charge in [0.2, 0.25) is 5.91 Å². The second kappa shape index (κ2) is 11.0. The van der Waals surface area contributed by atoms with Crippen molar-refractivity contribution < 1.29 is 18.4 Å². The van der Waals surface area contributed by atoms with Gasteiger partial charge in [-0.2, -0.15) is 5.10 Å². The lowest BCUT2D eigenvalue weighted by atomic mass is 9.98. The number of nitrogens with zero attached hydrogens (tertiary/aromatic N) is 6. The molecule has 0 bridgehead atoms. The number of likely N-dealkylation sites (tertiary alicyclic amines) is 1. The molecular weight excluding hydrogens is 550 g/mol. The van der Waals surface area contributed by atoms with E-state index in [1.807, 2.05) is 19.2 Å². The number of carbonyl (C=O) groups excluding carboxylic acids is 2. The number of hydrogen-bond acceptors (Lipinski definition) is 8. The second-order valence-corrected chi connectivity index (χ2v) is 12.3. The van der Waals surface area contributed by atoms with Crippen molar-refractivity contribution in [3.05, 3.63) is 45.5 Å². The van der Waals surface area contributed by atoms with Crippen LogP contribution in [-0.4, -0.2) is 88.6 Å². The number of hydrogen-bond donors (Lipinski definition) is 2. The number of aromatic nitrogens is 3. The Balaban J connectivity index is 1.24. The number of nitrogens with two attached hydrogens (primary N) is 1. The average molecular weight is 585 g/mol. The minimum absolute atomic E-state index is 0.00982. The second-order valence-electron chi connectivity index (χ2n) is 11.2. The van der Waals surface area contributed by atoms with Crippen molar-refractivity contribution in [3.63, 3.8) is 0 Å². The zero-order valence-corrected chi connectivity index (χ0v) is 24.0. The molecule has 3 aromatic rings. The fraction of sp³-hybridized carbons (Fsp3) is 0.500. The van der Waals surface area contributed by atoms with E-state index in [-0.39, 0.29) is 28.7 Å². The van der Waals surface area contributed by atoms with E-state index in [0.717, 1.165) is 72.8 Å². The average Bonchev–Trinajstić information content (AvgIpc) is 3.73. The van der Waals surface area contributed by atoms with Crippen LogP contribution in [0.1, 0.15) is 64.3 Å². The highest BCUT2D eigenvalue weighted by Gasteiger charge is 2.32. The summed E-state index contributed by atoms with van der Waals surface area (Å²) in [5, 5.41) is 7.62. The lowest BCUT2D eigenvalue weighted by Gasteiger charge is -2.34. The first kappa shape index (κ1) is 27.6. The van der Waals surface area contributed by atoms with E-state index in [1.54, 1.807) is 16.3 Å². The Bertz CT molecular complexity index is 1520. The summed E-state index contributed by atoms with van der Waals surface area (Å²) in [6.07, 6.45) is 3.30. The van der Waals surface area contributed by atoms with Crippen LogP contribution in [0.4, 0.5) is 20.3 Å². The molecule has 6 rings (SSSR count). The Morgan fingerprint density at radius 1 is 1.20 bits per heavy atom. The van der Waals surface area contributed by atoms with Gasteiger partial charge < -0.3 is 25.8 Å². The topological polar surface area (TPSA) is 112 Å². The molecule has 2 fully saturated rings. The quantitative estimate of drug-likeness (QED) is 0.457. The summed E-state index contributed by atoms with van der Waals surface area (Å²) >= 11 is 0.908. The van der Waals surface area contributed by atoms with Crippen LogP contribution in [-0.2, 0) is 4.79 Å². The van der Waals surface area contributed by atoms with Crippen LogP contribution in [0.15, 0.2) is 24.5 Å². The van der Waals surface area contributed by atoms with Gasteiger partial charge in [0, 0.05) is 45.7 Å². The number of piperidine rings is 1. The zero-order chi connectivity index (χ0) is 28.8. The van der Waals surface area contributed by atoms with Gasteiger partial charge >= 0.3 is 0 Å². The molecule has 10 nitrogen and oxygen atoms in total. The maximum absolute atomic E-state index is 13.6.